The smallest absolute Gasteiger partial charge is 0.138 e. The third-order valence-electron chi connectivity index (χ3n) is 2.67. The first-order valence-corrected chi connectivity index (χ1v) is 5.31. The number of rotatable bonds is 3. The largest absolute Gasteiger partial charge is 0.506 e. The zero-order valence-electron chi connectivity index (χ0n) is 9.18. The van der Waals surface area contributed by atoms with Crippen molar-refractivity contribution in [2.24, 2.45) is 0 Å². The van der Waals surface area contributed by atoms with Crippen LogP contribution in [0.15, 0.2) is 12.1 Å². The molecular formula is C11H16N2O3. The van der Waals surface area contributed by atoms with Crippen LogP contribution in [0.25, 0.3) is 0 Å². The molecule has 1 aliphatic heterocycles. The zero-order valence-corrected chi connectivity index (χ0v) is 9.18. The van der Waals surface area contributed by atoms with Crippen LogP contribution in [0.2, 0.25) is 0 Å². The number of aromatic nitrogens is 1. The van der Waals surface area contributed by atoms with Crippen LogP contribution in [0.3, 0.4) is 0 Å². The summed E-state index contributed by atoms with van der Waals surface area (Å²) in [5.41, 5.74) is 1.46. The van der Waals surface area contributed by atoms with Crippen LogP contribution in [0.5, 0.6) is 5.75 Å². The van der Waals surface area contributed by atoms with E-state index >= 15 is 0 Å². The van der Waals surface area contributed by atoms with Crippen molar-refractivity contribution in [3.8, 4) is 5.75 Å². The van der Waals surface area contributed by atoms with E-state index in [1.807, 2.05) is 6.92 Å². The SMILES string of the molecule is Cc1ccc(O)c(CNC2COCC2O)n1. The average Bonchev–Trinajstić information content (AvgIpc) is 2.66. The Labute approximate surface area is 94.1 Å². The molecule has 1 saturated heterocycles. The van der Waals surface area contributed by atoms with Crippen molar-refractivity contribution in [2.45, 2.75) is 25.6 Å². The molecule has 16 heavy (non-hydrogen) atoms. The Hall–Kier alpha value is -1.17. The van der Waals surface area contributed by atoms with Crippen molar-refractivity contribution in [1.82, 2.24) is 10.3 Å². The lowest BCUT2D eigenvalue weighted by Crippen LogP contribution is -2.38. The molecule has 1 aromatic heterocycles. The van der Waals surface area contributed by atoms with Crippen LogP contribution in [-0.4, -0.2) is 40.6 Å². The minimum atomic E-state index is -0.480. The average molecular weight is 224 g/mol. The molecule has 0 amide bonds. The lowest BCUT2D eigenvalue weighted by Gasteiger charge is -2.14. The zero-order chi connectivity index (χ0) is 11.5. The van der Waals surface area contributed by atoms with Crippen molar-refractivity contribution in [1.29, 1.82) is 0 Å². The summed E-state index contributed by atoms with van der Waals surface area (Å²) in [5.74, 6) is 0.173. The Morgan fingerprint density at radius 2 is 2.31 bits per heavy atom. The number of nitrogens with one attached hydrogen (secondary N) is 1. The van der Waals surface area contributed by atoms with Crippen LogP contribution in [-0.2, 0) is 11.3 Å². The summed E-state index contributed by atoms with van der Waals surface area (Å²) in [6.07, 6.45) is -0.480. The fourth-order valence-electron chi connectivity index (χ4n) is 1.70. The second-order valence-electron chi connectivity index (χ2n) is 4.01. The third-order valence-corrected chi connectivity index (χ3v) is 2.67. The molecular weight excluding hydrogens is 208 g/mol. The molecule has 1 aromatic rings. The van der Waals surface area contributed by atoms with E-state index in [4.69, 9.17) is 4.74 Å². The number of aliphatic hydroxyl groups excluding tert-OH is 1. The molecule has 2 unspecified atom stereocenters. The van der Waals surface area contributed by atoms with Gasteiger partial charge in [-0.3, -0.25) is 4.98 Å². The van der Waals surface area contributed by atoms with Crippen molar-refractivity contribution >= 4 is 0 Å². The van der Waals surface area contributed by atoms with Crippen molar-refractivity contribution in [2.75, 3.05) is 13.2 Å². The molecule has 0 aromatic carbocycles. The predicted octanol–water partition coefficient (Wildman–Crippen LogP) is -0.0551. The van der Waals surface area contributed by atoms with E-state index < -0.39 is 6.10 Å². The van der Waals surface area contributed by atoms with E-state index in [9.17, 15) is 10.2 Å². The molecule has 0 spiro atoms. The van der Waals surface area contributed by atoms with Gasteiger partial charge < -0.3 is 20.3 Å². The summed E-state index contributed by atoms with van der Waals surface area (Å²) in [6, 6.07) is 3.30. The molecule has 1 fully saturated rings. The minimum Gasteiger partial charge on any atom is -0.506 e. The van der Waals surface area contributed by atoms with Gasteiger partial charge in [0.05, 0.1) is 31.1 Å². The number of nitrogens with zero attached hydrogens (tertiary/aromatic N) is 1. The van der Waals surface area contributed by atoms with Gasteiger partial charge in [0, 0.05) is 12.2 Å². The van der Waals surface area contributed by atoms with Crippen LogP contribution >= 0.6 is 0 Å². The number of aryl methyl sites for hydroxylation is 1. The van der Waals surface area contributed by atoms with Crippen LogP contribution in [0.4, 0.5) is 0 Å². The lowest BCUT2D eigenvalue weighted by molar-refractivity contribution is 0.122. The van der Waals surface area contributed by atoms with E-state index in [2.05, 4.69) is 10.3 Å². The number of hydrogen-bond acceptors (Lipinski definition) is 5. The highest BCUT2D eigenvalue weighted by Crippen LogP contribution is 2.15. The van der Waals surface area contributed by atoms with Gasteiger partial charge in [0.2, 0.25) is 0 Å². The van der Waals surface area contributed by atoms with Crippen molar-refractivity contribution in [3.63, 3.8) is 0 Å². The second kappa shape index (κ2) is 4.78. The predicted molar refractivity (Wildman–Crippen MR) is 58.1 cm³/mol. The monoisotopic (exact) mass is 224 g/mol. The topological polar surface area (TPSA) is 74.6 Å². The van der Waals surface area contributed by atoms with E-state index in [0.717, 1.165) is 5.69 Å². The highest BCUT2D eigenvalue weighted by atomic mass is 16.5. The summed E-state index contributed by atoms with van der Waals surface area (Å²) in [4.78, 5) is 4.22. The first-order chi connectivity index (χ1) is 7.66. The van der Waals surface area contributed by atoms with E-state index in [1.165, 1.54) is 0 Å². The minimum absolute atomic E-state index is 0.0817. The molecule has 1 aliphatic rings. The van der Waals surface area contributed by atoms with Gasteiger partial charge in [-0.15, -0.1) is 0 Å². The number of hydrogen-bond donors (Lipinski definition) is 3. The molecule has 5 heteroatoms. The van der Waals surface area contributed by atoms with Gasteiger partial charge in [-0.2, -0.15) is 0 Å². The highest BCUT2D eigenvalue weighted by Gasteiger charge is 2.25. The molecule has 0 bridgehead atoms. The maximum atomic E-state index is 9.58. The van der Waals surface area contributed by atoms with Gasteiger partial charge >= 0.3 is 0 Å². The maximum absolute atomic E-state index is 9.58. The Morgan fingerprint density at radius 1 is 1.50 bits per heavy atom. The molecule has 5 nitrogen and oxygen atoms in total. The van der Waals surface area contributed by atoms with Gasteiger partial charge in [-0.25, -0.2) is 0 Å². The number of aromatic hydroxyl groups is 1. The maximum Gasteiger partial charge on any atom is 0.138 e. The van der Waals surface area contributed by atoms with Crippen LogP contribution < -0.4 is 5.32 Å². The first kappa shape index (κ1) is 11.3. The van der Waals surface area contributed by atoms with Gasteiger partial charge in [0.1, 0.15) is 5.75 Å². The molecule has 0 aliphatic carbocycles. The normalized spacial score (nSPS) is 24.9. The lowest BCUT2D eigenvalue weighted by atomic mass is 10.2. The highest BCUT2D eigenvalue weighted by molar-refractivity contribution is 5.27. The Morgan fingerprint density at radius 3 is 3.00 bits per heavy atom. The molecule has 2 rings (SSSR count). The van der Waals surface area contributed by atoms with Crippen molar-refractivity contribution in [3.05, 3.63) is 23.5 Å². The third kappa shape index (κ3) is 2.49. The quantitative estimate of drug-likeness (QED) is 0.671. The number of pyridine rings is 1. The number of aliphatic hydroxyl groups is 1. The van der Waals surface area contributed by atoms with E-state index in [0.29, 0.717) is 25.5 Å². The second-order valence-corrected chi connectivity index (χ2v) is 4.01. The molecule has 0 saturated carbocycles. The van der Waals surface area contributed by atoms with Gasteiger partial charge in [-0.05, 0) is 19.1 Å². The Kier molecular flexibility index (Phi) is 3.38. The Balaban J connectivity index is 1.96. The van der Waals surface area contributed by atoms with E-state index in [1.54, 1.807) is 12.1 Å². The molecule has 88 valence electrons. The summed E-state index contributed by atoms with van der Waals surface area (Å²) in [6.45, 7) is 3.16. The summed E-state index contributed by atoms with van der Waals surface area (Å²) < 4.78 is 5.12. The summed E-state index contributed by atoms with van der Waals surface area (Å²) in [7, 11) is 0. The van der Waals surface area contributed by atoms with Gasteiger partial charge in [-0.1, -0.05) is 0 Å². The number of ether oxygens (including phenoxy) is 1. The van der Waals surface area contributed by atoms with Crippen molar-refractivity contribution < 1.29 is 14.9 Å². The Bertz CT molecular complexity index is 370. The van der Waals surface area contributed by atoms with E-state index in [-0.39, 0.29) is 11.8 Å². The summed E-state index contributed by atoms with van der Waals surface area (Å²) in [5, 5.41) is 22.2. The summed E-state index contributed by atoms with van der Waals surface area (Å²) >= 11 is 0. The van der Waals surface area contributed by atoms with Crippen LogP contribution in [0.1, 0.15) is 11.4 Å². The first-order valence-electron chi connectivity index (χ1n) is 5.31. The standard InChI is InChI=1S/C11H16N2O3/c1-7-2-3-10(14)8(13-7)4-12-9-5-16-6-11(9)15/h2-3,9,11-12,14-15H,4-6H2,1H3. The molecule has 3 N–H and O–H groups in total. The fourth-order valence-corrected chi connectivity index (χ4v) is 1.70. The molecule has 0 radical (unpaired) electrons. The van der Waals surface area contributed by atoms with Gasteiger partial charge in [0.25, 0.3) is 0 Å². The van der Waals surface area contributed by atoms with Crippen LogP contribution in [0, 0.1) is 6.92 Å². The fraction of sp³-hybridized carbons (Fsp3) is 0.545. The molecule has 2 atom stereocenters. The molecule has 2 heterocycles. The van der Waals surface area contributed by atoms with Gasteiger partial charge in [0.15, 0.2) is 0 Å².